The van der Waals surface area contributed by atoms with Crippen LogP contribution in [0.25, 0.3) is 10.8 Å². The molecule has 2 heteroatoms. The minimum absolute atomic E-state index is 1.12. The number of benzene rings is 3. The number of likely N-dealkylation sites (N-methyl/N-ethyl adjacent to an activating group) is 1. The highest BCUT2D eigenvalue weighted by Gasteiger charge is 2.15. The number of anilines is 3. The summed E-state index contributed by atoms with van der Waals surface area (Å²) in [6, 6.07) is 21.5. The second-order valence-corrected chi connectivity index (χ2v) is 5.67. The highest BCUT2D eigenvalue weighted by molar-refractivity contribution is 5.95. The Balaban J connectivity index is 1.72. The van der Waals surface area contributed by atoms with Gasteiger partial charge in [-0.05, 0) is 41.6 Å². The molecule has 4 rings (SSSR count). The van der Waals surface area contributed by atoms with E-state index in [0.29, 0.717) is 0 Å². The standard InChI is InChI=1S/C19H18N2/c1-21-12-11-15-13-16(9-10-19(15)21)20-18-8-4-6-14-5-2-3-7-17(14)18/h2-10,13,20H,11-12H2,1H3. The first kappa shape index (κ1) is 12.3. The maximum Gasteiger partial charge on any atom is 0.0463 e. The molecule has 3 aromatic carbocycles. The summed E-state index contributed by atoms with van der Waals surface area (Å²) in [5.74, 6) is 0. The van der Waals surface area contributed by atoms with Crippen LogP contribution in [0.15, 0.2) is 60.7 Å². The number of nitrogens with zero attached hydrogens (tertiary/aromatic N) is 1. The topological polar surface area (TPSA) is 15.3 Å². The molecule has 1 heterocycles. The highest BCUT2D eigenvalue weighted by Crippen LogP contribution is 2.32. The van der Waals surface area contributed by atoms with Gasteiger partial charge in [0.25, 0.3) is 0 Å². The van der Waals surface area contributed by atoms with E-state index in [1.165, 1.54) is 33.4 Å². The Labute approximate surface area is 125 Å². The fraction of sp³-hybridized carbons (Fsp3) is 0.158. The zero-order valence-corrected chi connectivity index (χ0v) is 12.1. The van der Waals surface area contributed by atoms with Crippen molar-refractivity contribution in [3.05, 3.63) is 66.2 Å². The molecule has 0 bridgehead atoms. The van der Waals surface area contributed by atoms with Gasteiger partial charge >= 0.3 is 0 Å². The van der Waals surface area contributed by atoms with Crippen LogP contribution in [0.3, 0.4) is 0 Å². The van der Waals surface area contributed by atoms with E-state index in [9.17, 15) is 0 Å². The summed E-state index contributed by atoms with van der Waals surface area (Å²) in [5, 5.41) is 6.10. The molecule has 0 aliphatic carbocycles. The normalized spacial score (nSPS) is 13.5. The number of rotatable bonds is 2. The van der Waals surface area contributed by atoms with Gasteiger partial charge in [-0.2, -0.15) is 0 Å². The summed E-state index contributed by atoms with van der Waals surface area (Å²) in [5.41, 5.74) is 5.13. The minimum atomic E-state index is 1.12. The summed E-state index contributed by atoms with van der Waals surface area (Å²) in [6.07, 6.45) is 1.14. The molecule has 0 amide bonds. The molecule has 0 atom stereocenters. The van der Waals surface area contributed by atoms with Crippen molar-refractivity contribution < 1.29 is 0 Å². The van der Waals surface area contributed by atoms with Crippen molar-refractivity contribution in [3.8, 4) is 0 Å². The van der Waals surface area contributed by atoms with Crippen molar-refractivity contribution in [2.75, 3.05) is 23.8 Å². The van der Waals surface area contributed by atoms with Gasteiger partial charge in [0.1, 0.15) is 0 Å². The second-order valence-electron chi connectivity index (χ2n) is 5.67. The molecule has 1 aliphatic rings. The van der Waals surface area contributed by atoms with Crippen LogP contribution < -0.4 is 10.2 Å². The van der Waals surface area contributed by atoms with Gasteiger partial charge in [-0.1, -0.05) is 36.4 Å². The predicted molar refractivity (Wildman–Crippen MR) is 90.6 cm³/mol. The Morgan fingerprint density at radius 1 is 0.952 bits per heavy atom. The smallest absolute Gasteiger partial charge is 0.0463 e. The quantitative estimate of drug-likeness (QED) is 0.736. The molecule has 0 aromatic heterocycles. The minimum Gasteiger partial charge on any atom is -0.374 e. The third-order valence-corrected chi connectivity index (χ3v) is 4.28. The Morgan fingerprint density at radius 2 is 1.81 bits per heavy atom. The van der Waals surface area contributed by atoms with Gasteiger partial charge in [0.05, 0.1) is 0 Å². The van der Waals surface area contributed by atoms with Gasteiger partial charge in [-0.15, -0.1) is 0 Å². The van der Waals surface area contributed by atoms with E-state index < -0.39 is 0 Å². The summed E-state index contributed by atoms with van der Waals surface area (Å²) >= 11 is 0. The fourth-order valence-corrected chi connectivity index (χ4v) is 3.13. The average Bonchev–Trinajstić information content (AvgIpc) is 2.89. The van der Waals surface area contributed by atoms with E-state index in [1.807, 2.05) is 0 Å². The second kappa shape index (κ2) is 4.81. The SMILES string of the molecule is CN1CCc2cc(Nc3cccc4ccccc34)ccc21. The third kappa shape index (κ3) is 2.13. The first-order valence-electron chi connectivity index (χ1n) is 7.40. The lowest BCUT2D eigenvalue weighted by Gasteiger charge is -2.14. The molecule has 2 nitrogen and oxygen atoms in total. The summed E-state index contributed by atoms with van der Waals surface area (Å²) < 4.78 is 0. The van der Waals surface area contributed by atoms with Crippen LogP contribution in [0.2, 0.25) is 0 Å². The predicted octanol–water partition coefficient (Wildman–Crippen LogP) is 4.58. The molecule has 0 radical (unpaired) electrons. The van der Waals surface area contributed by atoms with Gasteiger partial charge < -0.3 is 10.2 Å². The van der Waals surface area contributed by atoms with Gasteiger partial charge in [0.2, 0.25) is 0 Å². The largest absolute Gasteiger partial charge is 0.374 e. The van der Waals surface area contributed by atoms with Gasteiger partial charge in [-0.3, -0.25) is 0 Å². The third-order valence-electron chi connectivity index (χ3n) is 4.28. The summed E-state index contributed by atoms with van der Waals surface area (Å²) in [7, 11) is 2.16. The van der Waals surface area contributed by atoms with Crippen LogP contribution in [0.4, 0.5) is 17.1 Å². The van der Waals surface area contributed by atoms with Gasteiger partial charge in [0.15, 0.2) is 0 Å². The van der Waals surface area contributed by atoms with E-state index >= 15 is 0 Å². The molecule has 0 fully saturated rings. The highest BCUT2D eigenvalue weighted by atomic mass is 15.1. The van der Waals surface area contributed by atoms with Gasteiger partial charge in [-0.25, -0.2) is 0 Å². The molecule has 3 aromatic rings. The zero-order chi connectivity index (χ0) is 14.2. The molecule has 0 saturated heterocycles. The van der Waals surface area contributed by atoms with Crippen molar-refractivity contribution in [2.24, 2.45) is 0 Å². The van der Waals surface area contributed by atoms with Crippen LogP contribution in [-0.4, -0.2) is 13.6 Å². The molecule has 1 N–H and O–H groups in total. The molecule has 0 spiro atoms. The van der Waals surface area contributed by atoms with Crippen molar-refractivity contribution in [1.82, 2.24) is 0 Å². The number of nitrogens with one attached hydrogen (secondary N) is 1. The number of fused-ring (bicyclic) bond motifs is 2. The summed E-state index contributed by atoms with van der Waals surface area (Å²) in [6.45, 7) is 1.12. The Morgan fingerprint density at radius 3 is 2.76 bits per heavy atom. The number of hydrogen-bond donors (Lipinski definition) is 1. The molecule has 104 valence electrons. The van der Waals surface area contributed by atoms with Crippen LogP contribution in [0.5, 0.6) is 0 Å². The summed E-state index contributed by atoms with van der Waals surface area (Å²) in [4.78, 5) is 2.32. The van der Waals surface area contributed by atoms with E-state index in [0.717, 1.165) is 13.0 Å². The molecular weight excluding hydrogens is 256 g/mol. The average molecular weight is 274 g/mol. The van der Waals surface area contributed by atoms with E-state index in [2.05, 4.69) is 77.9 Å². The Hall–Kier alpha value is -2.48. The molecule has 0 saturated carbocycles. The van der Waals surface area contributed by atoms with E-state index in [4.69, 9.17) is 0 Å². The van der Waals surface area contributed by atoms with E-state index in [-0.39, 0.29) is 0 Å². The van der Waals surface area contributed by atoms with Crippen molar-refractivity contribution in [2.45, 2.75) is 6.42 Å². The van der Waals surface area contributed by atoms with Crippen molar-refractivity contribution in [3.63, 3.8) is 0 Å². The van der Waals surface area contributed by atoms with Crippen LogP contribution >= 0.6 is 0 Å². The monoisotopic (exact) mass is 274 g/mol. The fourth-order valence-electron chi connectivity index (χ4n) is 3.13. The molecule has 21 heavy (non-hydrogen) atoms. The van der Waals surface area contributed by atoms with Crippen LogP contribution in [0, 0.1) is 0 Å². The molecular formula is C19H18N2. The maximum atomic E-state index is 3.57. The maximum absolute atomic E-state index is 3.57. The van der Waals surface area contributed by atoms with Crippen LogP contribution in [0.1, 0.15) is 5.56 Å². The van der Waals surface area contributed by atoms with Crippen LogP contribution in [-0.2, 0) is 6.42 Å². The van der Waals surface area contributed by atoms with Crippen molar-refractivity contribution in [1.29, 1.82) is 0 Å². The Kier molecular flexibility index (Phi) is 2.81. The first-order chi connectivity index (χ1) is 10.3. The van der Waals surface area contributed by atoms with Crippen molar-refractivity contribution >= 4 is 27.8 Å². The first-order valence-corrected chi connectivity index (χ1v) is 7.40. The Bertz CT molecular complexity index is 802. The lowest BCUT2D eigenvalue weighted by Crippen LogP contribution is -2.12. The van der Waals surface area contributed by atoms with Gasteiger partial charge in [0, 0.05) is 36.0 Å². The van der Waals surface area contributed by atoms with E-state index in [1.54, 1.807) is 0 Å². The lowest BCUT2D eigenvalue weighted by atomic mass is 10.1. The molecule has 1 aliphatic heterocycles. The number of hydrogen-bond acceptors (Lipinski definition) is 2. The lowest BCUT2D eigenvalue weighted by molar-refractivity contribution is 0.956. The molecule has 0 unspecified atom stereocenters. The zero-order valence-electron chi connectivity index (χ0n) is 12.1.